The minimum Gasteiger partial charge on any atom is -0.384 e. The molecule has 2 aromatic rings. The highest BCUT2D eigenvalue weighted by atomic mass is 16.5. The first-order valence-corrected chi connectivity index (χ1v) is 7.31. The zero-order chi connectivity index (χ0) is 14.7. The summed E-state index contributed by atoms with van der Waals surface area (Å²) in [4.78, 5) is 11.0. The maximum Gasteiger partial charge on any atom is 0.135 e. The van der Waals surface area contributed by atoms with Gasteiger partial charge in [0.2, 0.25) is 0 Å². The van der Waals surface area contributed by atoms with Crippen LogP contribution in [0.4, 0.5) is 5.82 Å². The average Bonchev–Trinajstić information content (AvgIpc) is 2.81. The Kier molecular flexibility index (Phi) is 4.33. The van der Waals surface area contributed by atoms with Crippen LogP contribution in [0.1, 0.15) is 5.82 Å². The van der Waals surface area contributed by atoms with Gasteiger partial charge < -0.3 is 20.4 Å². The number of aryl methyl sites for hydroxylation is 1. The first-order chi connectivity index (χ1) is 10.2. The molecule has 0 saturated carbocycles. The van der Waals surface area contributed by atoms with Crippen molar-refractivity contribution in [1.29, 1.82) is 0 Å². The maximum atomic E-state index is 5.77. The fourth-order valence-corrected chi connectivity index (χ4v) is 2.58. The Hall–Kier alpha value is -1.70. The largest absolute Gasteiger partial charge is 0.384 e. The third kappa shape index (κ3) is 3.31. The summed E-state index contributed by atoms with van der Waals surface area (Å²) in [6.07, 6.45) is 1.70. The van der Waals surface area contributed by atoms with Crippen LogP contribution in [0.3, 0.4) is 0 Å². The smallest absolute Gasteiger partial charge is 0.135 e. The van der Waals surface area contributed by atoms with E-state index in [0.29, 0.717) is 12.4 Å². The molecule has 2 aromatic heterocycles. The summed E-state index contributed by atoms with van der Waals surface area (Å²) in [5, 5.41) is 3.35. The number of imidazole rings is 1. The van der Waals surface area contributed by atoms with E-state index >= 15 is 0 Å². The number of nitrogen functional groups attached to an aromatic ring is 1. The van der Waals surface area contributed by atoms with Gasteiger partial charge in [0.25, 0.3) is 0 Å². The van der Waals surface area contributed by atoms with Crippen LogP contribution in [0.5, 0.6) is 0 Å². The summed E-state index contributed by atoms with van der Waals surface area (Å²) < 4.78 is 7.78. The molecular formula is C14H22N6O. The first-order valence-electron chi connectivity index (χ1n) is 7.31. The third-order valence-electron chi connectivity index (χ3n) is 3.87. The number of rotatable bonds is 5. The molecule has 0 atom stereocenters. The molecule has 1 aliphatic rings. The third-order valence-corrected chi connectivity index (χ3v) is 3.87. The predicted molar refractivity (Wildman–Crippen MR) is 81.9 cm³/mol. The van der Waals surface area contributed by atoms with Crippen LogP contribution in [-0.4, -0.2) is 58.8 Å². The molecule has 1 aliphatic heterocycles. The molecular weight excluding hydrogens is 268 g/mol. The van der Waals surface area contributed by atoms with Crippen molar-refractivity contribution < 1.29 is 4.74 Å². The van der Waals surface area contributed by atoms with E-state index in [-0.39, 0.29) is 0 Å². The van der Waals surface area contributed by atoms with Crippen molar-refractivity contribution in [3.63, 3.8) is 0 Å². The molecule has 7 nitrogen and oxygen atoms in total. The minimum absolute atomic E-state index is 0.511. The number of nitrogens with zero attached hydrogens (tertiary/aromatic N) is 4. The van der Waals surface area contributed by atoms with Crippen LogP contribution >= 0.6 is 0 Å². The Morgan fingerprint density at radius 2 is 2.19 bits per heavy atom. The summed E-state index contributed by atoms with van der Waals surface area (Å²) in [7, 11) is 1.98. The zero-order valence-electron chi connectivity index (χ0n) is 12.4. The van der Waals surface area contributed by atoms with Crippen molar-refractivity contribution in [3.05, 3.63) is 18.1 Å². The molecule has 114 valence electrons. The number of fused-ring (bicyclic) bond motifs is 1. The van der Waals surface area contributed by atoms with Crippen LogP contribution < -0.4 is 11.1 Å². The van der Waals surface area contributed by atoms with Gasteiger partial charge in [-0.3, -0.25) is 4.90 Å². The monoisotopic (exact) mass is 290 g/mol. The van der Waals surface area contributed by atoms with Crippen molar-refractivity contribution in [1.82, 2.24) is 24.8 Å². The van der Waals surface area contributed by atoms with Gasteiger partial charge >= 0.3 is 0 Å². The van der Waals surface area contributed by atoms with Crippen molar-refractivity contribution in [3.8, 4) is 0 Å². The van der Waals surface area contributed by atoms with Crippen molar-refractivity contribution in [2.45, 2.75) is 6.61 Å². The molecule has 0 aromatic carbocycles. The number of nitrogens with two attached hydrogens (primary N) is 1. The summed E-state index contributed by atoms with van der Waals surface area (Å²) in [6.45, 7) is 6.54. The fourth-order valence-electron chi connectivity index (χ4n) is 2.58. The second kappa shape index (κ2) is 6.38. The number of anilines is 1. The van der Waals surface area contributed by atoms with Gasteiger partial charge in [-0.1, -0.05) is 0 Å². The Balaban J connectivity index is 1.54. The van der Waals surface area contributed by atoms with Crippen LogP contribution in [0, 0.1) is 0 Å². The first kappa shape index (κ1) is 14.2. The highest BCUT2D eigenvalue weighted by Gasteiger charge is 2.11. The number of hydrogen-bond donors (Lipinski definition) is 2. The average molecular weight is 290 g/mol. The second-order valence-electron chi connectivity index (χ2n) is 5.33. The standard InChI is InChI=1S/C14H22N6O/c1-19-12-8-13(15)17-9-11(12)18-14(19)10-21-7-6-20-4-2-16-3-5-20/h8-9,16H,2-7,10H2,1H3,(H2,15,17). The van der Waals surface area contributed by atoms with E-state index in [9.17, 15) is 0 Å². The quantitative estimate of drug-likeness (QED) is 0.753. The number of aromatic nitrogens is 3. The molecule has 1 saturated heterocycles. The zero-order valence-corrected chi connectivity index (χ0v) is 12.4. The molecule has 0 bridgehead atoms. The van der Waals surface area contributed by atoms with Gasteiger partial charge in [-0.2, -0.15) is 0 Å². The van der Waals surface area contributed by atoms with Crippen molar-refractivity contribution in [2.24, 2.45) is 7.05 Å². The number of nitrogens with one attached hydrogen (secondary N) is 1. The summed E-state index contributed by atoms with van der Waals surface area (Å²) in [6, 6.07) is 1.84. The summed E-state index contributed by atoms with van der Waals surface area (Å²) in [5.74, 6) is 1.41. The van der Waals surface area contributed by atoms with E-state index in [1.165, 1.54) is 0 Å². The van der Waals surface area contributed by atoms with E-state index in [0.717, 1.165) is 56.2 Å². The molecule has 0 amide bonds. The van der Waals surface area contributed by atoms with Crippen LogP contribution in [0.2, 0.25) is 0 Å². The molecule has 0 spiro atoms. The van der Waals surface area contributed by atoms with Gasteiger partial charge in [0, 0.05) is 45.8 Å². The number of hydrogen-bond acceptors (Lipinski definition) is 6. The molecule has 0 radical (unpaired) electrons. The fraction of sp³-hybridized carbons (Fsp3) is 0.571. The van der Waals surface area contributed by atoms with Gasteiger partial charge in [-0.05, 0) is 0 Å². The molecule has 1 fully saturated rings. The number of pyridine rings is 1. The molecule has 0 unspecified atom stereocenters. The van der Waals surface area contributed by atoms with Gasteiger partial charge in [0.15, 0.2) is 0 Å². The van der Waals surface area contributed by atoms with Crippen LogP contribution in [0.25, 0.3) is 11.0 Å². The van der Waals surface area contributed by atoms with E-state index in [1.807, 2.05) is 17.7 Å². The van der Waals surface area contributed by atoms with Gasteiger partial charge in [-0.15, -0.1) is 0 Å². The molecule has 3 rings (SSSR count). The van der Waals surface area contributed by atoms with E-state index in [1.54, 1.807) is 6.20 Å². The molecule has 7 heteroatoms. The lowest BCUT2D eigenvalue weighted by molar-refractivity contribution is 0.0837. The lowest BCUT2D eigenvalue weighted by Gasteiger charge is -2.26. The highest BCUT2D eigenvalue weighted by Crippen LogP contribution is 2.16. The maximum absolute atomic E-state index is 5.77. The minimum atomic E-state index is 0.511. The Labute approximate surface area is 124 Å². The summed E-state index contributed by atoms with van der Waals surface area (Å²) >= 11 is 0. The normalized spacial score (nSPS) is 16.6. The van der Waals surface area contributed by atoms with Gasteiger partial charge in [0.05, 0.1) is 18.3 Å². The van der Waals surface area contributed by atoms with Crippen LogP contribution in [-0.2, 0) is 18.4 Å². The number of ether oxygens (including phenoxy) is 1. The number of piperazine rings is 1. The molecule has 0 aliphatic carbocycles. The SMILES string of the molecule is Cn1c(COCCN2CCNCC2)nc2cnc(N)cc21. The summed E-state index contributed by atoms with van der Waals surface area (Å²) in [5.41, 5.74) is 7.56. The Bertz CT molecular complexity index is 605. The van der Waals surface area contributed by atoms with Gasteiger partial charge in [-0.25, -0.2) is 9.97 Å². The molecule has 3 heterocycles. The second-order valence-corrected chi connectivity index (χ2v) is 5.33. The van der Waals surface area contributed by atoms with Crippen molar-refractivity contribution >= 4 is 16.9 Å². The predicted octanol–water partition coefficient (Wildman–Crippen LogP) is -0.0277. The lowest BCUT2D eigenvalue weighted by atomic mass is 10.4. The van der Waals surface area contributed by atoms with Gasteiger partial charge in [0.1, 0.15) is 23.8 Å². The highest BCUT2D eigenvalue weighted by molar-refractivity contribution is 5.77. The molecule has 3 N–H and O–H groups in total. The topological polar surface area (TPSA) is 81.2 Å². The Morgan fingerprint density at radius 1 is 1.38 bits per heavy atom. The van der Waals surface area contributed by atoms with Crippen LogP contribution in [0.15, 0.2) is 12.3 Å². The van der Waals surface area contributed by atoms with E-state index in [4.69, 9.17) is 10.5 Å². The Morgan fingerprint density at radius 3 is 3.00 bits per heavy atom. The lowest BCUT2D eigenvalue weighted by Crippen LogP contribution is -2.44. The molecule has 21 heavy (non-hydrogen) atoms. The van der Waals surface area contributed by atoms with E-state index in [2.05, 4.69) is 20.2 Å². The van der Waals surface area contributed by atoms with Crippen molar-refractivity contribution in [2.75, 3.05) is 45.1 Å². The van der Waals surface area contributed by atoms with E-state index < -0.39 is 0 Å².